The van der Waals surface area contributed by atoms with Crippen LogP contribution in [0.25, 0.3) is 0 Å². The van der Waals surface area contributed by atoms with Gasteiger partial charge in [0.25, 0.3) is 0 Å². The van der Waals surface area contributed by atoms with Gasteiger partial charge in [-0.2, -0.15) is 13.2 Å². The van der Waals surface area contributed by atoms with Crippen molar-refractivity contribution < 1.29 is 23.1 Å². The fourth-order valence-corrected chi connectivity index (χ4v) is 1.76. The lowest BCUT2D eigenvalue weighted by Gasteiger charge is -2.31. The van der Waals surface area contributed by atoms with Gasteiger partial charge in [-0.15, -0.1) is 0 Å². The monoisotopic (exact) mass is 275 g/mol. The number of amides is 1. The molecular formula is C13H16F3NO2. The Labute approximate surface area is 109 Å². The van der Waals surface area contributed by atoms with E-state index in [2.05, 4.69) is 0 Å². The molecule has 0 aromatic heterocycles. The summed E-state index contributed by atoms with van der Waals surface area (Å²) in [6, 6.07) is 8.17. The standard InChI is InChI=1S/C13H16F3NO2/c1-9(11-6-4-3-5-7-11)17(10(2)18)8-12(19)13(14,15)16/h3-7,9,12,19H,8H2,1-2H3/t9-,12?/m1/s1. The van der Waals surface area contributed by atoms with Crippen LogP contribution in [0.1, 0.15) is 25.5 Å². The maximum Gasteiger partial charge on any atom is 0.416 e. The third-order valence-electron chi connectivity index (χ3n) is 2.90. The molecule has 0 aliphatic heterocycles. The number of hydrogen-bond donors (Lipinski definition) is 1. The Balaban J connectivity index is 2.87. The second kappa shape index (κ2) is 6.06. The van der Waals surface area contributed by atoms with E-state index in [4.69, 9.17) is 5.11 Å². The Morgan fingerprint density at radius 3 is 2.26 bits per heavy atom. The van der Waals surface area contributed by atoms with Gasteiger partial charge in [-0.25, -0.2) is 0 Å². The molecule has 1 aromatic carbocycles. The fourth-order valence-electron chi connectivity index (χ4n) is 1.76. The first-order valence-corrected chi connectivity index (χ1v) is 5.80. The lowest BCUT2D eigenvalue weighted by Crippen LogP contribution is -2.44. The molecule has 0 radical (unpaired) electrons. The average molecular weight is 275 g/mol. The minimum Gasteiger partial charge on any atom is -0.382 e. The lowest BCUT2D eigenvalue weighted by molar-refractivity contribution is -0.209. The van der Waals surface area contributed by atoms with Crippen molar-refractivity contribution in [3.05, 3.63) is 35.9 Å². The SMILES string of the molecule is CC(=O)N(CC(O)C(F)(F)F)[C@H](C)c1ccccc1. The number of alkyl halides is 3. The van der Waals surface area contributed by atoms with Crippen LogP contribution in [0.3, 0.4) is 0 Å². The molecule has 0 heterocycles. The van der Waals surface area contributed by atoms with Crippen LogP contribution in [0.5, 0.6) is 0 Å². The highest BCUT2D eigenvalue weighted by molar-refractivity contribution is 5.73. The number of hydrogen-bond acceptors (Lipinski definition) is 2. The van der Waals surface area contributed by atoms with Crippen LogP contribution in [0.15, 0.2) is 30.3 Å². The smallest absolute Gasteiger partial charge is 0.382 e. The van der Waals surface area contributed by atoms with E-state index in [1.165, 1.54) is 6.92 Å². The number of carbonyl (C=O) groups excluding carboxylic acids is 1. The van der Waals surface area contributed by atoms with Crippen molar-refractivity contribution in [2.24, 2.45) is 0 Å². The fraction of sp³-hybridized carbons (Fsp3) is 0.462. The Bertz CT molecular complexity index is 420. The van der Waals surface area contributed by atoms with E-state index in [-0.39, 0.29) is 0 Å². The van der Waals surface area contributed by atoms with Crippen LogP contribution in [0.2, 0.25) is 0 Å². The molecule has 1 aromatic rings. The number of benzene rings is 1. The van der Waals surface area contributed by atoms with Gasteiger partial charge >= 0.3 is 6.18 Å². The van der Waals surface area contributed by atoms with Crippen molar-refractivity contribution in [3.8, 4) is 0 Å². The van der Waals surface area contributed by atoms with Crippen LogP contribution in [-0.2, 0) is 4.79 Å². The average Bonchev–Trinajstić information content (AvgIpc) is 2.34. The van der Waals surface area contributed by atoms with Crippen LogP contribution < -0.4 is 0 Å². The molecular weight excluding hydrogens is 259 g/mol. The number of aliphatic hydroxyl groups is 1. The van der Waals surface area contributed by atoms with Crippen LogP contribution in [0, 0.1) is 0 Å². The summed E-state index contributed by atoms with van der Waals surface area (Å²) in [4.78, 5) is 12.5. The van der Waals surface area contributed by atoms with Gasteiger partial charge in [0.05, 0.1) is 12.6 Å². The van der Waals surface area contributed by atoms with Gasteiger partial charge in [-0.05, 0) is 12.5 Å². The summed E-state index contributed by atoms with van der Waals surface area (Å²) in [6.45, 7) is 2.04. The Hall–Kier alpha value is -1.56. The van der Waals surface area contributed by atoms with Gasteiger partial charge in [0.1, 0.15) is 0 Å². The van der Waals surface area contributed by atoms with Crippen molar-refractivity contribution >= 4 is 5.91 Å². The van der Waals surface area contributed by atoms with Crippen LogP contribution in [-0.4, -0.2) is 34.7 Å². The summed E-state index contributed by atoms with van der Waals surface area (Å²) in [7, 11) is 0. The summed E-state index contributed by atoms with van der Waals surface area (Å²) < 4.78 is 37.1. The lowest BCUT2D eigenvalue weighted by atomic mass is 10.1. The highest BCUT2D eigenvalue weighted by atomic mass is 19.4. The molecule has 0 saturated carbocycles. The minimum atomic E-state index is -4.73. The number of carbonyl (C=O) groups is 1. The van der Waals surface area contributed by atoms with E-state index in [0.29, 0.717) is 5.56 Å². The first-order chi connectivity index (χ1) is 8.73. The second-order valence-electron chi connectivity index (χ2n) is 4.32. The maximum absolute atomic E-state index is 12.4. The van der Waals surface area contributed by atoms with Crippen LogP contribution in [0.4, 0.5) is 13.2 Å². The zero-order chi connectivity index (χ0) is 14.6. The predicted octanol–water partition coefficient (Wildman–Crippen LogP) is 2.52. The zero-order valence-corrected chi connectivity index (χ0v) is 10.7. The molecule has 1 rings (SSSR count). The van der Waals surface area contributed by atoms with E-state index in [1.807, 2.05) is 0 Å². The number of halogens is 3. The van der Waals surface area contributed by atoms with Gasteiger partial charge in [0, 0.05) is 6.92 Å². The van der Waals surface area contributed by atoms with E-state index in [9.17, 15) is 18.0 Å². The van der Waals surface area contributed by atoms with E-state index < -0.39 is 30.8 Å². The van der Waals surface area contributed by atoms with Crippen molar-refractivity contribution in [1.82, 2.24) is 4.90 Å². The predicted molar refractivity (Wildman–Crippen MR) is 64.3 cm³/mol. The second-order valence-corrected chi connectivity index (χ2v) is 4.32. The highest BCUT2D eigenvalue weighted by Gasteiger charge is 2.40. The molecule has 0 bridgehead atoms. The zero-order valence-electron chi connectivity index (χ0n) is 10.7. The minimum absolute atomic E-state index is 0.514. The van der Waals surface area contributed by atoms with E-state index in [1.54, 1.807) is 37.3 Å². The third-order valence-corrected chi connectivity index (χ3v) is 2.90. The van der Waals surface area contributed by atoms with Crippen LogP contribution >= 0.6 is 0 Å². The molecule has 1 amide bonds. The van der Waals surface area contributed by atoms with Gasteiger partial charge < -0.3 is 10.0 Å². The van der Waals surface area contributed by atoms with E-state index in [0.717, 1.165) is 4.90 Å². The summed E-state index contributed by atoms with van der Waals surface area (Å²) in [5.41, 5.74) is 0.715. The summed E-state index contributed by atoms with van der Waals surface area (Å²) in [5, 5.41) is 9.08. The van der Waals surface area contributed by atoms with Gasteiger partial charge in [-0.3, -0.25) is 4.79 Å². The van der Waals surface area contributed by atoms with Crippen molar-refractivity contribution in [2.45, 2.75) is 32.2 Å². The Kier molecular flexibility index (Phi) is 4.94. The molecule has 0 saturated heterocycles. The maximum atomic E-state index is 12.4. The number of nitrogens with zero attached hydrogens (tertiary/aromatic N) is 1. The first-order valence-electron chi connectivity index (χ1n) is 5.80. The largest absolute Gasteiger partial charge is 0.416 e. The number of aliphatic hydroxyl groups excluding tert-OH is 1. The van der Waals surface area contributed by atoms with Crippen molar-refractivity contribution in [3.63, 3.8) is 0 Å². The molecule has 1 N–H and O–H groups in total. The molecule has 106 valence electrons. The molecule has 0 aliphatic rings. The van der Waals surface area contributed by atoms with Gasteiger partial charge in [0.2, 0.25) is 5.91 Å². The topological polar surface area (TPSA) is 40.5 Å². The summed E-state index contributed by atoms with van der Waals surface area (Å²) >= 11 is 0. The van der Waals surface area contributed by atoms with E-state index >= 15 is 0 Å². The first kappa shape index (κ1) is 15.5. The highest BCUT2D eigenvalue weighted by Crippen LogP contribution is 2.25. The molecule has 0 spiro atoms. The molecule has 0 fully saturated rings. The number of rotatable bonds is 4. The molecule has 19 heavy (non-hydrogen) atoms. The molecule has 6 heteroatoms. The molecule has 0 aliphatic carbocycles. The Morgan fingerprint density at radius 1 is 1.32 bits per heavy atom. The molecule has 2 atom stereocenters. The molecule has 3 nitrogen and oxygen atoms in total. The summed E-state index contributed by atoms with van der Waals surface area (Å²) in [6.07, 6.45) is -7.27. The molecule has 1 unspecified atom stereocenters. The quantitative estimate of drug-likeness (QED) is 0.917. The van der Waals surface area contributed by atoms with Gasteiger partial charge in [0.15, 0.2) is 6.10 Å². The van der Waals surface area contributed by atoms with Crippen molar-refractivity contribution in [1.29, 1.82) is 0 Å². The van der Waals surface area contributed by atoms with Gasteiger partial charge in [-0.1, -0.05) is 30.3 Å². The van der Waals surface area contributed by atoms with Crippen molar-refractivity contribution in [2.75, 3.05) is 6.54 Å². The summed E-state index contributed by atoms with van der Waals surface area (Å²) in [5.74, 6) is -0.514. The third kappa shape index (κ3) is 4.24. The Morgan fingerprint density at radius 2 is 1.84 bits per heavy atom. The normalized spacial score (nSPS) is 14.8.